The van der Waals surface area contributed by atoms with Gasteiger partial charge in [-0.3, -0.25) is 9.69 Å². The second-order valence-electron chi connectivity index (χ2n) is 8.45. The second-order valence-corrected chi connectivity index (χ2v) is 10.2. The number of piperazine rings is 1. The van der Waals surface area contributed by atoms with Crippen molar-refractivity contribution in [3.8, 4) is 5.75 Å². The fourth-order valence-electron chi connectivity index (χ4n) is 4.13. The normalized spacial score (nSPS) is 17.0. The molecule has 2 aromatic carbocycles. The SMILES string of the molecule is O=C1COc2c(cccc2N2CCN(CCCCNS(=O)(=O)c3ccc(C(F)(F)F)cc3)CC2)N1. The Morgan fingerprint density at radius 2 is 1.71 bits per heavy atom. The standard InChI is InChI=1S/C23H27F3N4O4S/c24-23(25,26)17-6-8-18(9-7-17)35(32,33)27-10-1-2-11-29-12-14-30(15-13-29)20-5-3-4-19-22(20)34-16-21(31)28-19/h3-9,27H,1-2,10-16H2,(H,28,31). The van der Waals surface area contributed by atoms with Crippen LogP contribution in [0.1, 0.15) is 18.4 Å². The van der Waals surface area contributed by atoms with E-state index in [9.17, 15) is 26.4 Å². The van der Waals surface area contributed by atoms with Gasteiger partial charge in [-0.25, -0.2) is 13.1 Å². The first-order valence-corrected chi connectivity index (χ1v) is 12.8. The molecule has 2 aliphatic heterocycles. The number of fused-ring (bicyclic) bond motifs is 1. The molecule has 4 rings (SSSR count). The number of sulfonamides is 1. The van der Waals surface area contributed by atoms with Crippen LogP contribution in [0, 0.1) is 0 Å². The Bertz CT molecular complexity index is 1150. The maximum atomic E-state index is 12.7. The molecular weight excluding hydrogens is 485 g/mol. The highest BCUT2D eigenvalue weighted by molar-refractivity contribution is 7.89. The quantitative estimate of drug-likeness (QED) is 0.529. The number of nitrogens with zero attached hydrogens (tertiary/aromatic N) is 2. The van der Waals surface area contributed by atoms with Gasteiger partial charge in [0, 0.05) is 32.7 Å². The molecule has 0 saturated carbocycles. The van der Waals surface area contributed by atoms with Crippen molar-refractivity contribution in [2.75, 3.05) is 56.1 Å². The maximum Gasteiger partial charge on any atom is 0.416 e. The lowest BCUT2D eigenvalue weighted by molar-refractivity contribution is -0.137. The fourth-order valence-corrected chi connectivity index (χ4v) is 5.21. The fraction of sp³-hybridized carbons (Fsp3) is 0.435. The Morgan fingerprint density at radius 3 is 2.40 bits per heavy atom. The van der Waals surface area contributed by atoms with E-state index < -0.39 is 21.8 Å². The van der Waals surface area contributed by atoms with Gasteiger partial charge >= 0.3 is 6.18 Å². The highest BCUT2D eigenvalue weighted by Crippen LogP contribution is 2.38. The number of anilines is 2. The molecule has 190 valence electrons. The third-order valence-electron chi connectivity index (χ3n) is 6.01. The van der Waals surface area contributed by atoms with Crippen molar-refractivity contribution in [2.45, 2.75) is 23.9 Å². The molecule has 0 spiro atoms. The molecule has 8 nitrogen and oxygen atoms in total. The number of amides is 1. The Morgan fingerprint density at radius 1 is 1.00 bits per heavy atom. The Hall–Kier alpha value is -2.83. The van der Waals surface area contributed by atoms with Crippen LogP contribution in [0.2, 0.25) is 0 Å². The summed E-state index contributed by atoms with van der Waals surface area (Å²) in [5, 5.41) is 2.82. The number of halogens is 3. The van der Waals surface area contributed by atoms with Crippen LogP contribution < -0.4 is 19.7 Å². The van der Waals surface area contributed by atoms with Crippen LogP contribution in [0.25, 0.3) is 0 Å². The summed E-state index contributed by atoms with van der Waals surface area (Å²) in [4.78, 5) is 15.9. The molecule has 0 aromatic heterocycles. The highest BCUT2D eigenvalue weighted by Gasteiger charge is 2.30. The van der Waals surface area contributed by atoms with Gasteiger partial charge in [0.25, 0.3) is 5.91 Å². The number of unbranched alkanes of at least 4 members (excludes halogenated alkanes) is 1. The van der Waals surface area contributed by atoms with Gasteiger partial charge in [0.2, 0.25) is 10.0 Å². The van der Waals surface area contributed by atoms with Crippen molar-refractivity contribution in [3.05, 3.63) is 48.0 Å². The van der Waals surface area contributed by atoms with E-state index in [1.807, 2.05) is 18.2 Å². The molecule has 1 amide bonds. The maximum absolute atomic E-state index is 12.7. The zero-order valence-corrected chi connectivity index (χ0v) is 19.8. The molecule has 35 heavy (non-hydrogen) atoms. The Balaban J connectivity index is 1.19. The number of hydrogen-bond acceptors (Lipinski definition) is 6. The zero-order chi connectivity index (χ0) is 25.1. The van der Waals surface area contributed by atoms with Gasteiger partial charge in [-0.05, 0) is 55.8 Å². The van der Waals surface area contributed by atoms with E-state index in [1.165, 1.54) is 0 Å². The largest absolute Gasteiger partial charge is 0.479 e. The molecule has 0 bridgehead atoms. The summed E-state index contributed by atoms with van der Waals surface area (Å²) in [7, 11) is -3.85. The third kappa shape index (κ3) is 6.24. The lowest BCUT2D eigenvalue weighted by Crippen LogP contribution is -2.47. The molecule has 1 saturated heterocycles. The Labute approximate surface area is 202 Å². The Kier molecular flexibility index (Phi) is 7.53. The third-order valence-corrected chi connectivity index (χ3v) is 7.49. The number of rotatable bonds is 8. The first kappa shape index (κ1) is 25.3. The predicted molar refractivity (Wildman–Crippen MR) is 125 cm³/mol. The first-order chi connectivity index (χ1) is 16.6. The van der Waals surface area contributed by atoms with E-state index in [4.69, 9.17) is 4.74 Å². The van der Waals surface area contributed by atoms with Crippen LogP contribution in [0.15, 0.2) is 47.4 Å². The molecule has 0 radical (unpaired) electrons. The van der Waals surface area contributed by atoms with E-state index in [0.29, 0.717) is 17.9 Å². The second kappa shape index (κ2) is 10.4. The van der Waals surface area contributed by atoms with Crippen LogP contribution in [-0.4, -0.2) is 65.1 Å². The van der Waals surface area contributed by atoms with Gasteiger partial charge in [-0.15, -0.1) is 0 Å². The average molecular weight is 513 g/mol. The number of hydrogen-bond donors (Lipinski definition) is 2. The van der Waals surface area contributed by atoms with E-state index in [1.54, 1.807) is 0 Å². The monoisotopic (exact) mass is 512 g/mol. The number of carbonyl (C=O) groups excluding carboxylic acids is 1. The summed E-state index contributed by atoms with van der Waals surface area (Å²) < 4.78 is 70.7. The smallest absolute Gasteiger partial charge is 0.416 e. The van der Waals surface area contributed by atoms with Crippen LogP contribution in [0.4, 0.5) is 24.5 Å². The van der Waals surface area contributed by atoms with Gasteiger partial charge in [0.05, 0.1) is 21.8 Å². The summed E-state index contributed by atoms with van der Waals surface area (Å²) in [5.41, 5.74) is 0.753. The molecule has 1 fully saturated rings. The van der Waals surface area contributed by atoms with Crippen LogP contribution >= 0.6 is 0 Å². The molecule has 2 aromatic rings. The van der Waals surface area contributed by atoms with Gasteiger partial charge < -0.3 is 15.0 Å². The van der Waals surface area contributed by atoms with Crippen molar-refractivity contribution in [2.24, 2.45) is 0 Å². The lowest BCUT2D eigenvalue weighted by Gasteiger charge is -2.37. The van der Waals surface area contributed by atoms with E-state index in [2.05, 4.69) is 19.8 Å². The molecule has 2 heterocycles. The number of carbonyl (C=O) groups is 1. The molecule has 0 atom stereocenters. The molecular formula is C23H27F3N4O4S. The minimum absolute atomic E-state index is 0.00655. The first-order valence-electron chi connectivity index (χ1n) is 11.3. The van der Waals surface area contributed by atoms with Crippen LogP contribution in [-0.2, 0) is 21.0 Å². The van der Waals surface area contributed by atoms with Gasteiger partial charge in [0.15, 0.2) is 12.4 Å². The van der Waals surface area contributed by atoms with Crippen molar-refractivity contribution < 1.29 is 31.1 Å². The lowest BCUT2D eigenvalue weighted by atomic mass is 10.2. The van der Waals surface area contributed by atoms with Crippen LogP contribution in [0.5, 0.6) is 5.75 Å². The van der Waals surface area contributed by atoms with Crippen molar-refractivity contribution >= 4 is 27.3 Å². The molecule has 2 aliphatic rings. The van der Waals surface area contributed by atoms with E-state index in [0.717, 1.165) is 69.1 Å². The van der Waals surface area contributed by atoms with Crippen molar-refractivity contribution in [1.29, 1.82) is 0 Å². The summed E-state index contributed by atoms with van der Waals surface area (Å²) in [5.74, 6) is 0.530. The topological polar surface area (TPSA) is 91.0 Å². The number of ether oxygens (including phenoxy) is 1. The number of para-hydroxylation sites is 1. The minimum atomic E-state index is -4.51. The van der Waals surface area contributed by atoms with E-state index in [-0.39, 0.29) is 24.0 Å². The predicted octanol–water partition coefficient (Wildman–Crippen LogP) is 2.92. The van der Waals surface area contributed by atoms with Crippen LogP contribution in [0.3, 0.4) is 0 Å². The summed E-state index contributed by atoms with van der Waals surface area (Å²) in [6.45, 7) is 4.31. The molecule has 0 unspecified atom stereocenters. The van der Waals surface area contributed by atoms with E-state index >= 15 is 0 Å². The number of alkyl halides is 3. The summed E-state index contributed by atoms with van der Waals surface area (Å²) in [6.07, 6.45) is -3.11. The minimum Gasteiger partial charge on any atom is -0.479 e. The molecule has 12 heteroatoms. The number of nitrogens with one attached hydrogen (secondary N) is 2. The number of benzene rings is 2. The van der Waals surface area contributed by atoms with Gasteiger partial charge in [-0.1, -0.05) is 6.07 Å². The molecule has 2 N–H and O–H groups in total. The van der Waals surface area contributed by atoms with Crippen molar-refractivity contribution in [3.63, 3.8) is 0 Å². The summed E-state index contributed by atoms with van der Waals surface area (Å²) >= 11 is 0. The van der Waals surface area contributed by atoms with Gasteiger partial charge in [0.1, 0.15) is 0 Å². The highest BCUT2D eigenvalue weighted by atomic mass is 32.2. The summed E-state index contributed by atoms with van der Waals surface area (Å²) in [6, 6.07) is 9.15. The molecule has 0 aliphatic carbocycles. The van der Waals surface area contributed by atoms with Gasteiger partial charge in [-0.2, -0.15) is 13.2 Å². The van der Waals surface area contributed by atoms with Crippen molar-refractivity contribution in [1.82, 2.24) is 9.62 Å². The average Bonchev–Trinajstić information content (AvgIpc) is 2.83. The zero-order valence-electron chi connectivity index (χ0n) is 19.0.